The number of rotatable bonds is 2. The predicted octanol–water partition coefficient (Wildman–Crippen LogP) is 1.01. The summed E-state index contributed by atoms with van der Waals surface area (Å²) in [4.78, 5) is 4.27. The zero-order valence-corrected chi connectivity index (χ0v) is 7.94. The Hall–Kier alpha value is -1.65. The van der Waals surface area contributed by atoms with Crippen LogP contribution >= 0.6 is 0 Å². The van der Waals surface area contributed by atoms with Crippen molar-refractivity contribution in [1.82, 2.24) is 19.6 Å². The molecule has 5 heteroatoms. The highest BCUT2D eigenvalue weighted by molar-refractivity contribution is 5.62. The van der Waals surface area contributed by atoms with Crippen molar-refractivity contribution in [1.29, 1.82) is 0 Å². The number of fused-ring (bicyclic) bond motifs is 1. The Balaban J connectivity index is 2.12. The first-order chi connectivity index (χ1) is 6.84. The van der Waals surface area contributed by atoms with Gasteiger partial charge >= 0.3 is 0 Å². The third-order valence-electron chi connectivity index (χ3n) is 2.42. The maximum atomic E-state index is 4.27. The second-order valence-electron chi connectivity index (χ2n) is 3.64. The first kappa shape index (κ1) is 7.73. The summed E-state index contributed by atoms with van der Waals surface area (Å²) in [5.41, 5.74) is 0.817. The average Bonchev–Trinajstić information content (AvgIpc) is 2.92. The van der Waals surface area contributed by atoms with Crippen LogP contribution in [0.4, 0.5) is 5.82 Å². The van der Waals surface area contributed by atoms with E-state index in [1.165, 1.54) is 12.8 Å². The van der Waals surface area contributed by atoms with Crippen LogP contribution in [0, 0.1) is 6.92 Å². The Bertz CT molecular complexity index is 471. The highest BCUT2D eigenvalue weighted by Crippen LogP contribution is 2.25. The Labute approximate surface area is 81.2 Å². The molecule has 0 aromatic carbocycles. The van der Waals surface area contributed by atoms with Crippen molar-refractivity contribution in [2.75, 3.05) is 5.32 Å². The molecule has 2 heterocycles. The summed E-state index contributed by atoms with van der Waals surface area (Å²) in [5.74, 6) is 1.73. The monoisotopic (exact) mass is 189 g/mol. The van der Waals surface area contributed by atoms with Gasteiger partial charge in [0.05, 0.1) is 0 Å². The molecule has 1 fully saturated rings. The Kier molecular flexibility index (Phi) is 1.47. The Morgan fingerprint density at radius 1 is 1.43 bits per heavy atom. The molecule has 0 saturated heterocycles. The van der Waals surface area contributed by atoms with E-state index in [9.17, 15) is 0 Å². The summed E-state index contributed by atoms with van der Waals surface area (Å²) in [6.07, 6.45) is 6.11. The first-order valence-electron chi connectivity index (χ1n) is 4.77. The fourth-order valence-corrected chi connectivity index (χ4v) is 1.46. The lowest BCUT2D eigenvalue weighted by atomic mass is 10.5. The van der Waals surface area contributed by atoms with Crippen LogP contribution in [0.15, 0.2) is 12.4 Å². The molecule has 14 heavy (non-hydrogen) atoms. The molecule has 0 radical (unpaired) electrons. The van der Waals surface area contributed by atoms with Gasteiger partial charge < -0.3 is 5.32 Å². The Morgan fingerprint density at radius 2 is 2.29 bits per heavy atom. The molecular formula is C9H11N5. The lowest BCUT2D eigenvalue weighted by Gasteiger charge is -2.03. The van der Waals surface area contributed by atoms with Crippen molar-refractivity contribution in [2.24, 2.45) is 0 Å². The molecule has 2 aromatic rings. The lowest BCUT2D eigenvalue weighted by molar-refractivity contribution is 1.000. The number of nitrogens with one attached hydrogen (secondary N) is 1. The van der Waals surface area contributed by atoms with Crippen LogP contribution in [-0.4, -0.2) is 25.6 Å². The van der Waals surface area contributed by atoms with Crippen LogP contribution in [0.1, 0.15) is 18.7 Å². The van der Waals surface area contributed by atoms with Crippen molar-refractivity contribution < 1.29 is 0 Å². The molecule has 0 aliphatic heterocycles. The molecule has 1 aliphatic carbocycles. The van der Waals surface area contributed by atoms with Gasteiger partial charge in [0.2, 0.25) is 5.65 Å². The molecule has 0 unspecified atom stereocenters. The summed E-state index contributed by atoms with van der Waals surface area (Å²) in [5, 5.41) is 11.4. The molecule has 0 atom stereocenters. The van der Waals surface area contributed by atoms with Crippen LogP contribution in [0.5, 0.6) is 0 Å². The van der Waals surface area contributed by atoms with E-state index in [2.05, 4.69) is 20.5 Å². The third-order valence-corrected chi connectivity index (χ3v) is 2.42. The second kappa shape index (κ2) is 2.67. The molecule has 72 valence electrons. The van der Waals surface area contributed by atoms with Crippen LogP contribution in [0.25, 0.3) is 5.65 Å². The fraction of sp³-hybridized carbons (Fsp3) is 0.444. The molecule has 1 N–H and O–H groups in total. The minimum atomic E-state index is 0.589. The van der Waals surface area contributed by atoms with Gasteiger partial charge in [-0.05, 0) is 19.8 Å². The van der Waals surface area contributed by atoms with Gasteiger partial charge in [0.1, 0.15) is 5.82 Å². The maximum absolute atomic E-state index is 4.27. The van der Waals surface area contributed by atoms with Crippen LogP contribution < -0.4 is 5.32 Å². The molecule has 2 aromatic heterocycles. The van der Waals surface area contributed by atoms with Gasteiger partial charge in [0, 0.05) is 18.4 Å². The van der Waals surface area contributed by atoms with E-state index in [1.807, 2.05) is 17.5 Å². The second-order valence-corrected chi connectivity index (χ2v) is 3.64. The summed E-state index contributed by atoms with van der Waals surface area (Å²) >= 11 is 0. The van der Waals surface area contributed by atoms with Crippen molar-refractivity contribution >= 4 is 11.5 Å². The highest BCUT2D eigenvalue weighted by atomic mass is 15.3. The van der Waals surface area contributed by atoms with E-state index >= 15 is 0 Å². The lowest BCUT2D eigenvalue weighted by Crippen LogP contribution is -2.05. The van der Waals surface area contributed by atoms with E-state index in [1.54, 1.807) is 6.20 Å². The predicted molar refractivity (Wildman–Crippen MR) is 52.2 cm³/mol. The molecule has 0 bridgehead atoms. The van der Waals surface area contributed by atoms with E-state index in [0.717, 1.165) is 17.3 Å². The summed E-state index contributed by atoms with van der Waals surface area (Å²) < 4.78 is 1.94. The van der Waals surface area contributed by atoms with Gasteiger partial charge in [-0.25, -0.2) is 4.98 Å². The summed E-state index contributed by atoms with van der Waals surface area (Å²) in [7, 11) is 0. The van der Waals surface area contributed by atoms with Crippen molar-refractivity contribution in [3.05, 3.63) is 18.2 Å². The molecule has 0 spiro atoms. The van der Waals surface area contributed by atoms with Gasteiger partial charge in [-0.2, -0.15) is 0 Å². The van der Waals surface area contributed by atoms with E-state index in [-0.39, 0.29) is 0 Å². The van der Waals surface area contributed by atoms with Crippen molar-refractivity contribution in [3.8, 4) is 0 Å². The number of hydrogen-bond donors (Lipinski definition) is 1. The van der Waals surface area contributed by atoms with E-state index in [0.29, 0.717) is 6.04 Å². The molecule has 0 amide bonds. The molecule has 3 rings (SSSR count). The minimum absolute atomic E-state index is 0.589. The summed E-state index contributed by atoms with van der Waals surface area (Å²) in [6.45, 7) is 1.93. The number of aromatic nitrogens is 4. The summed E-state index contributed by atoms with van der Waals surface area (Å²) in [6, 6.07) is 0.589. The SMILES string of the molecule is Cc1nnc2c(NC3CC3)nccn12. The van der Waals surface area contributed by atoms with Crippen molar-refractivity contribution in [3.63, 3.8) is 0 Å². The van der Waals surface area contributed by atoms with Gasteiger partial charge in [0.15, 0.2) is 5.82 Å². The normalized spacial score (nSPS) is 16.1. The van der Waals surface area contributed by atoms with Crippen LogP contribution in [0.3, 0.4) is 0 Å². The van der Waals surface area contributed by atoms with Crippen LogP contribution in [0.2, 0.25) is 0 Å². The van der Waals surface area contributed by atoms with Gasteiger partial charge in [-0.15, -0.1) is 10.2 Å². The number of aryl methyl sites for hydroxylation is 1. The smallest absolute Gasteiger partial charge is 0.203 e. The highest BCUT2D eigenvalue weighted by Gasteiger charge is 2.22. The fourth-order valence-electron chi connectivity index (χ4n) is 1.46. The number of hydrogen-bond acceptors (Lipinski definition) is 4. The van der Waals surface area contributed by atoms with Crippen molar-refractivity contribution in [2.45, 2.75) is 25.8 Å². The molecule has 1 saturated carbocycles. The standard InChI is InChI=1S/C9H11N5/c1-6-12-13-9-8(11-7-2-3-7)10-4-5-14(6)9/h4-5,7H,2-3H2,1H3,(H,10,11). The third kappa shape index (κ3) is 1.13. The molecule has 1 aliphatic rings. The molecular weight excluding hydrogens is 178 g/mol. The zero-order valence-electron chi connectivity index (χ0n) is 7.94. The maximum Gasteiger partial charge on any atom is 0.203 e. The largest absolute Gasteiger partial charge is 0.364 e. The Morgan fingerprint density at radius 3 is 3.07 bits per heavy atom. The average molecular weight is 189 g/mol. The van der Waals surface area contributed by atoms with Gasteiger partial charge in [-0.1, -0.05) is 0 Å². The minimum Gasteiger partial charge on any atom is -0.364 e. The molecule has 5 nitrogen and oxygen atoms in total. The van der Waals surface area contributed by atoms with Crippen LogP contribution in [-0.2, 0) is 0 Å². The zero-order chi connectivity index (χ0) is 9.54. The topological polar surface area (TPSA) is 55.1 Å². The first-order valence-corrected chi connectivity index (χ1v) is 4.77. The quantitative estimate of drug-likeness (QED) is 0.766. The van der Waals surface area contributed by atoms with Gasteiger partial charge in [-0.3, -0.25) is 4.40 Å². The van der Waals surface area contributed by atoms with Gasteiger partial charge in [0.25, 0.3) is 0 Å². The van der Waals surface area contributed by atoms with E-state index < -0.39 is 0 Å². The van der Waals surface area contributed by atoms with E-state index in [4.69, 9.17) is 0 Å². The number of nitrogens with zero attached hydrogens (tertiary/aromatic N) is 4. The number of anilines is 1.